The monoisotopic (exact) mass is 377 g/mol. The summed E-state index contributed by atoms with van der Waals surface area (Å²) in [5, 5.41) is 7.92. The molecule has 1 aromatic carbocycles. The van der Waals surface area contributed by atoms with Crippen molar-refractivity contribution in [2.24, 2.45) is 5.92 Å². The maximum atomic E-state index is 12.9. The molecule has 0 unspecified atom stereocenters. The van der Waals surface area contributed by atoms with E-state index in [0.717, 1.165) is 22.3 Å². The fraction of sp³-hybridized carbons (Fsp3) is 0.333. The van der Waals surface area contributed by atoms with Crippen molar-refractivity contribution in [2.45, 2.75) is 32.7 Å². The van der Waals surface area contributed by atoms with Crippen LogP contribution in [0.4, 0.5) is 4.39 Å². The molecule has 136 valence electrons. The molecule has 1 saturated carbocycles. The van der Waals surface area contributed by atoms with Crippen LogP contribution >= 0.6 is 11.6 Å². The molecule has 2 atom stereocenters. The lowest BCUT2D eigenvalue weighted by Crippen LogP contribution is -2.25. The Morgan fingerprint density at radius 2 is 2.27 bits per heavy atom. The molecular weight excluding hydrogens is 361 g/mol. The molecule has 1 aliphatic rings. The molecule has 2 heterocycles. The minimum atomic E-state index is -0.996. The fourth-order valence-corrected chi connectivity index (χ4v) is 3.01. The van der Waals surface area contributed by atoms with Crippen LogP contribution in [0.1, 0.15) is 23.6 Å². The number of hydrogen-bond acceptors (Lipinski definition) is 4. The first-order valence-corrected chi connectivity index (χ1v) is 8.65. The summed E-state index contributed by atoms with van der Waals surface area (Å²) < 4.78 is 23.7. The molecule has 1 aliphatic carbocycles. The smallest absolute Gasteiger partial charge is 0.226 e. The number of hydrogen-bond donors (Lipinski definition) is 2. The summed E-state index contributed by atoms with van der Waals surface area (Å²) in [7, 11) is 0. The van der Waals surface area contributed by atoms with Crippen LogP contribution in [0, 0.1) is 12.8 Å². The van der Waals surface area contributed by atoms with Gasteiger partial charge in [-0.2, -0.15) is 0 Å². The SMILES string of the molecule is Cc1cc(COc2cc3[nH]c(CNC(=O)[C@H]4C[C@H]4F)cc3cc2Cl)on1. The Labute approximate surface area is 153 Å². The number of nitrogens with one attached hydrogen (secondary N) is 2. The summed E-state index contributed by atoms with van der Waals surface area (Å²) in [6.07, 6.45) is -0.677. The number of aryl methyl sites for hydroxylation is 1. The van der Waals surface area contributed by atoms with Crippen molar-refractivity contribution in [1.29, 1.82) is 0 Å². The lowest BCUT2D eigenvalue weighted by atomic mass is 10.2. The van der Waals surface area contributed by atoms with Gasteiger partial charge < -0.3 is 19.6 Å². The van der Waals surface area contributed by atoms with Gasteiger partial charge in [0.15, 0.2) is 5.76 Å². The number of halogens is 2. The van der Waals surface area contributed by atoms with E-state index in [1.165, 1.54) is 0 Å². The molecular formula is C18H17ClFN3O3. The first-order chi connectivity index (χ1) is 12.5. The molecule has 0 saturated heterocycles. The van der Waals surface area contributed by atoms with E-state index in [0.29, 0.717) is 29.5 Å². The van der Waals surface area contributed by atoms with E-state index in [9.17, 15) is 9.18 Å². The number of carbonyl (C=O) groups excluding carboxylic acids is 1. The van der Waals surface area contributed by atoms with Gasteiger partial charge in [-0.1, -0.05) is 16.8 Å². The molecule has 2 aromatic heterocycles. The van der Waals surface area contributed by atoms with Crippen molar-refractivity contribution in [3.63, 3.8) is 0 Å². The zero-order valence-electron chi connectivity index (χ0n) is 14.0. The molecule has 2 N–H and O–H groups in total. The lowest BCUT2D eigenvalue weighted by Gasteiger charge is -2.06. The van der Waals surface area contributed by atoms with Crippen molar-refractivity contribution < 1.29 is 18.4 Å². The molecule has 0 bridgehead atoms. The Balaban J connectivity index is 1.44. The van der Waals surface area contributed by atoms with Gasteiger partial charge in [0.25, 0.3) is 0 Å². The van der Waals surface area contributed by atoms with E-state index < -0.39 is 12.1 Å². The summed E-state index contributed by atoms with van der Waals surface area (Å²) >= 11 is 6.28. The fourth-order valence-electron chi connectivity index (χ4n) is 2.78. The number of aromatic nitrogens is 2. The molecule has 4 rings (SSSR count). The highest BCUT2D eigenvalue weighted by Gasteiger charge is 2.43. The Morgan fingerprint density at radius 1 is 1.46 bits per heavy atom. The molecule has 8 heteroatoms. The van der Waals surface area contributed by atoms with Crippen molar-refractivity contribution >= 4 is 28.4 Å². The third kappa shape index (κ3) is 3.53. The molecule has 1 amide bonds. The highest BCUT2D eigenvalue weighted by Crippen LogP contribution is 2.34. The van der Waals surface area contributed by atoms with Gasteiger partial charge in [0, 0.05) is 28.7 Å². The standard InChI is InChI=1S/C18H17ClFN3O3/c1-9-2-12(26-23-9)8-25-17-6-16-10(4-14(17)19)3-11(22-16)7-21-18(24)13-5-15(13)20/h2-4,6,13,15,22H,5,7-8H2,1H3,(H,21,24)/t13-,15+/m0/s1. The average molecular weight is 378 g/mol. The van der Waals surface area contributed by atoms with E-state index in [2.05, 4.69) is 15.5 Å². The minimum absolute atomic E-state index is 0.224. The highest BCUT2D eigenvalue weighted by atomic mass is 35.5. The van der Waals surface area contributed by atoms with Crippen LogP contribution in [0.5, 0.6) is 5.75 Å². The number of aromatic amines is 1. The molecule has 0 aliphatic heterocycles. The highest BCUT2D eigenvalue weighted by molar-refractivity contribution is 6.32. The summed E-state index contributed by atoms with van der Waals surface area (Å²) in [6.45, 7) is 2.37. The van der Waals surface area contributed by atoms with E-state index >= 15 is 0 Å². The molecule has 0 spiro atoms. The number of amides is 1. The summed E-state index contributed by atoms with van der Waals surface area (Å²) in [4.78, 5) is 14.9. The van der Waals surface area contributed by atoms with Crippen molar-refractivity contribution in [3.8, 4) is 5.75 Å². The van der Waals surface area contributed by atoms with Crippen LogP contribution in [0.15, 0.2) is 28.8 Å². The van der Waals surface area contributed by atoms with Gasteiger partial charge in [0.2, 0.25) is 5.91 Å². The summed E-state index contributed by atoms with van der Waals surface area (Å²) in [5.41, 5.74) is 2.42. The topological polar surface area (TPSA) is 80.1 Å². The molecule has 0 radical (unpaired) electrons. The number of H-pyrrole nitrogens is 1. The van der Waals surface area contributed by atoms with E-state index in [4.69, 9.17) is 20.9 Å². The Kier molecular flexibility index (Phi) is 4.32. The number of benzene rings is 1. The molecule has 26 heavy (non-hydrogen) atoms. The van der Waals surface area contributed by atoms with Crippen LogP contribution in [0.3, 0.4) is 0 Å². The second-order valence-electron chi connectivity index (χ2n) is 6.46. The van der Waals surface area contributed by atoms with Crippen LogP contribution in [-0.4, -0.2) is 22.2 Å². The zero-order chi connectivity index (χ0) is 18.3. The third-order valence-electron chi connectivity index (χ3n) is 4.28. The summed E-state index contributed by atoms with van der Waals surface area (Å²) in [6, 6.07) is 7.28. The van der Waals surface area contributed by atoms with Crippen molar-refractivity contribution in [1.82, 2.24) is 15.5 Å². The number of fused-ring (bicyclic) bond motifs is 1. The second-order valence-corrected chi connectivity index (χ2v) is 6.87. The van der Waals surface area contributed by atoms with Gasteiger partial charge >= 0.3 is 0 Å². The van der Waals surface area contributed by atoms with Gasteiger partial charge in [0.1, 0.15) is 18.5 Å². The summed E-state index contributed by atoms with van der Waals surface area (Å²) in [5.74, 6) is 0.387. The number of ether oxygens (including phenoxy) is 1. The Bertz CT molecular complexity index is 968. The van der Waals surface area contributed by atoms with Gasteiger partial charge in [-0.15, -0.1) is 0 Å². The van der Waals surface area contributed by atoms with Crippen molar-refractivity contribution in [3.05, 3.63) is 46.4 Å². The van der Waals surface area contributed by atoms with Crippen LogP contribution in [-0.2, 0) is 17.9 Å². The lowest BCUT2D eigenvalue weighted by molar-refractivity contribution is -0.122. The number of rotatable bonds is 6. The predicted octanol–water partition coefficient (Wildman–Crippen LogP) is 3.67. The Morgan fingerprint density at radius 3 is 2.96 bits per heavy atom. The van der Waals surface area contributed by atoms with Crippen LogP contribution in [0.2, 0.25) is 5.02 Å². The maximum absolute atomic E-state index is 12.9. The third-order valence-corrected chi connectivity index (χ3v) is 4.57. The second kappa shape index (κ2) is 6.64. The quantitative estimate of drug-likeness (QED) is 0.686. The molecule has 6 nitrogen and oxygen atoms in total. The van der Waals surface area contributed by atoms with E-state index in [1.54, 1.807) is 18.2 Å². The molecule has 1 fully saturated rings. The van der Waals surface area contributed by atoms with E-state index in [1.807, 2.05) is 13.0 Å². The van der Waals surface area contributed by atoms with Gasteiger partial charge in [-0.25, -0.2) is 4.39 Å². The van der Waals surface area contributed by atoms with Gasteiger partial charge in [-0.3, -0.25) is 4.79 Å². The zero-order valence-corrected chi connectivity index (χ0v) is 14.8. The minimum Gasteiger partial charge on any atom is -0.484 e. The van der Waals surface area contributed by atoms with Crippen LogP contribution in [0.25, 0.3) is 10.9 Å². The van der Waals surface area contributed by atoms with Crippen LogP contribution < -0.4 is 10.1 Å². The first kappa shape index (κ1) is 16.9. The number of alkyl halides is 1. The largest absolute Gasteiger partial charge is 0.484 e. The van der Waals surface area contributed by atoms with Gasteiger partial charge in [-0.05, 0) is 25.5 Å². The molecule has 3 aromatic rings. The number of nitrogens with zero attached hydrogens (tertiary/aromatic N) is 1. The maximum Gasteiger partial charge on any atom is 0.226 e. The van der Waals surface area contributed by atoms with E-state index in [-0.39, 0.29) is 12.5 Å². The predicted molar refractivity (Wildman–Crippen MR) is 93.7 cm³/mol. The Hall–Kier alpha value is -2.54. The normalized spacial score (nSPS) is 18.9. The van der Waals surface area contributed by atoms with Gasteiger partial charge in [0.05, 0.1) is 23.2 Å². The average Bonchev–Trinajstić information content (AvgIpc) is 3.01. The van der Waals surface area contributed by atoms with Crippen molar-refractivity contribution in [2.75, 3.05) is 0 Å². The first-order valence-electron chi connectivity index (χ1n) is 8.27. The number of carbonyl (C=O) groups is 1.